The van der Waals surface area contributed by atoms with Crippen molar-refractivity contribution in [3.63, 3.8) is 0 Å². The Labute approximate surface area is 161 Å². The fourth-order valence-corrected chi connectivity index (χ4v) is 3.66. The molecule has 0 unspecified atom stereocenters. The van der Waals surface area contributed by atoms with E-state index in [4.69, 9.17) is 4.42 Å². The number of aromatic amines is 1. The highest BCUT2D eigenvalue weighted by Gasteiger charge is 2.23. The van der Waals surface area contributed by atoms with Gasteiger partial charge in [0.2, 0.25) is 5.91 Å². The van der Waals surface area contributed by atoms with Crippen LogP contribution in [-0.4, -0.2) is 42.0 Å². The van der Waals surface area contributed by atoms with Crippen molar-refractivity contribution in [1.29, 1.82) is 0 Å². The summed E-state index contributed by atoms with van der Waals surface area (Å²) in [5, 5.41) is 0. The number of aromatic nitrogens is 1. The zero-order valence-electron chi connectivity index (χ0n) is 15.5. The SMILES string of the molecule is O=C(CCCc1ccc(F)cc1)N1CCN(c2cccc3[nH]c(=O)oc23)CC1. The number of amides is 1. The molecule has 1 aliphatic heterocycles. The molecule has 2 aromatic carbocycles. The Bertz CT molecular complexity index is 1020. The van der Waals surface area contributed by atoms with Gasteiger partial charge >= 0.3 is 5.76 Å². The molecule has 1 saturated heterocycles. The molecule has 0 bridgehead atoms. The van der Waals surface area contributed by atoms with Crippen LogP contribution in [0.4, 0.5) is 10.1 Å². The van der Waals surface area contributed by atoms with E-state index in [2.05, 4.69) is 9.88 Å². The quantitative estimate of drug-likeness (QED) is 0.736. The first-order chi connectivity index (χ1) is 13.6. The average Bonchev–Trinajstić information content (AvgIpc) is 3.10. The Morgan fingerprint density at radius 2 is 1.82 bits per heavy atom. The molecular formula is C21H22FN3O3. The summed E-state index contributed by atoms with van der Waals surface area (Å²) in [5.74, 6) is -0.558. The maximum Gasteiger partial charge on any atom is 0.417 e. The van der Waals surface area contributed by atoms with Gasteiger partial charge < -0.3 is 14.2 Å². The predicted molar refractivity (Wildman–Crippen MR) is 105 cm³/mol. The second kappa shape index (κ2) is 7.88. The van der Waals surface area contributed by atoms with Crippen LogP contribution in [0.15, 0.2) is 51.7 Å². The van der Waals surface area contributed by atoms with Crippen molar-refractivity contribution in [2.75, 3.05) is 31.1 Å². The van der Waals surface area contributed by atoms with Crippen molar-refractivity contribution in [3.05, 3.63) is 64.4 Å². The van der Waals surface area contributed by atoms with E-state index < -0.39 is 5.76 Å². The van der Waals surface area contributed by atoms with Crippen LogP contribution in [0.5, 0.6) is 0 Å². The van der Waals surface area contributed by atoms with E-state index in [0.29, 0.717) is 43.7 Å². The van der Waals surface area contributed by atoms with Crippen molar-refractivity contribution >= 4 is 22.7 Å². The van der Waals surface area contributed by atoms with Gasteiger partial charge in [0.15, 0.2) is 5.58 Å². The molecule has 6 nitrogen and oxygen atoms in total. The molecule has 0 saturated carbocycles. The number of aryl methyl sites for hydroxylation is 1. The number of H-pyrrole nitrogens is 1. The molecule has 0 aliphatic carbocycles. The smallest absolute Gasteiger partial charge is 0.406 e. The normalized spacial score (nSPS) is 14.6. The second-order valence-corrected chi connectivity index (χ2v) is 7.02. The number of hydrogen-bond acceptors (Lipinski definition) is 4. The second-order valence-electron chi connectivity index (χ2n) is 7.02. The van der Waals surface area contributed by atoms with Gasteiger partial charge in [-0.05, 0) is 42.7 Å². The number of halogens is 1. The highest BCUT2D eigenvalue weighted by molar-refractivity contribution is 5.86. The van der Waals surface area contributed by atoms with Gasteiger partial charge in [-0.15, -0.1) is 0 Å². The summed E-state index contributed by atoms with van der Waals surface area (Å²) < 4.78 is 18.2. The number of piperazine rings is 1. The monoisotopic (exact) mass is 383 g/mol. The lowest BCUT2D eigenvalue weighted by molar-refractivity contribution is -0.131. The Hall–Kier alpha value is -3.09. The lowest BCUT2D eigenvalue weighted by atomic mass is 10.1. The number of benzene rings is 2. The van der Waals surface area contributed by atoms with E-state index in [1.165, 1.54) is 12.1 Å². The summed E-state index contributed by atoms with van der Waals surface area (Å²) in [6, 6.07) is 12.0. The van der Waals surface area contributed by atoms with E-state index in [1.54, 1.807) is 12.1 Å². The van der Waals surface area contributed by atoms with Gasteiger partial charge in [-0.2, -0.15) is 0 Å². The molecular weight excluding hydrogens is 361 g/mol. The minimum absolute atomic E-state index is 0.146. The first-order valence-corrected chi connectivity index (χ1v) is 9.49. The maximum atomic E-state index is 12.9. The number of carbonyl (C=O) groups excluding carboxylic acids is 1. The van der Waals surface area contributed by atoms with Gasteiger partial charge in [0, 0.05) is 32.6 Å². The fraction of sp³-hybridized carbons (Fsp3) is 0.333. The molecule has 0 atom stereocenters. The minimum atomic E-state index is -0.461. The van der Waals surface area contributed by atoms with Crippen molar-refractivity contribution in [2.45, 2.75) is 19.3 Å². The van der Waals surface area contributed by atoms with Gasteiger partial charge in [-0.1, -0.05) is 18.2 Å². The zero-order valence-corrected chi connectivity index (χ0v) is 15.5. The van der Waals surface area contributed by atoms with E-state index in [9.17, 15) is 14.0 Å². The van der Waals surface area contributed by atoms with E-state index in [0.717, 1.165) is 24.1 Å². The molecule has 1 aromatic heterocycles. The topological polar surface area (TPSA) is 69.6 Å². The number of rotatable bonds is 5. The van der Waals surface area contributed by atoms with Crippen molar-refractivity contribution in [1.82, 2.24) is 9.88 Å². The maximum absolute atomic E-state index is 12.9. The number of anilines is 1. The highest BCUT2D eigenvalue weighted by Crippen LogP contribution is 2.26. The van der Waals surface area contributed by atoms with Crippen molar-refractivity contribution in [3.8, 4) is 0 Å². The molecule has 3 aromatic rings. The molecule has 0 spiro atoms. The molecule has 28 heavy (non-hydrogen) atoms. The summed E-state index contributed by atoms with van der Waals surface area (Å²) >= 11 is 0. The molecule has 7 heteroatoms. The van der Waals surface area contributed by atoms with Crippen LogP contribution in [0.3, 0.4) is 0 Å². The lowest BCUT2D eigenvalue weighted by Crippen LogP contribution is -2.48. The summed E-state index contributed by atoms with van der Waals surface area (Å²) in [7, 11) is 0. The zero-order chi connectivity index (χ0) is 19.5. The minimum Gasteiger partial charge on any atom is -0.406 e. The van der Waals surface area contributed by atoms with Gasteiger partial charge in [0.1, 0.15) is 5.82 Å². The molecule has 146 valence electrons. The lowest BCUT2D eigenvalue weighted by Gasteiger charge is -2.36. The standard InChI is InChI=1S/C21H22FN3O3/c22-16-9-7-15(8-10-16)3-1-6-19(26)25-13-11-24(12-14-25)18-5-2-4-17-20(18)28-21(27)23-17/h2,4-5,7-10H,1,3,6,11-14H2,(H,23,27). The number of nitrogens with one attached hydrogen (secondary N) is 1. The largest absolute Gasteiger partial charge is 0.417 e. The molecule has 2 heterocycles. The summed E-state index contributed by atoms with van der Waals surface area (Å²) in [6.07, 6.45) is 2.00. The number of oxazole rings is 1. The van der Waals surface area contributed by atoms with E-state index >= 15 is 0 Å². The van der Waals surface area contributed by atoms with E-state index in [1.807, 2.05) is 23.1 Å². The highest BCUT2D eigenvalue weighted by atomic mass is 19.1. The summed E-state index contributed by atoms with van der Waals surface area (Å²) in [6.45, 7) is 2.66. The first-order valence-electron chi connectivity index (χ1n) is 9.49. The number of fused-ring (bicyclic) bond motifs is 1. The Kier molecular flexibility index (Phi) is 5.14. The van der Waals surface area contributed by atoms with Gasteiger partial charge in [0.25, 0.3) is 0 Å². The van der Waals surface area contributed by atoms with Gasteiger partial charge in [0.05, 0.1) is 11.2 Å². The summed E-state index contributed by atoms with van der Waals surface area (Å²) in [4.78, 5) is 30.7. The van der Waals surface area contributed by atoms with Crippen LogP contribution in [0, 0.1) is 5.82 Å². The van der Waals surface area contributed by atoms with Crippen LogP contribution in [-0.2, 0) is 11.2 Å². The van der Waals surface area contributed by atoms with Crippen LogP contribution in [0.25, 0.3) is 11.1 Å². The fourth-order valence-electron chi connectivity index (χ4n) is 3.66. The third kappa shape index (κ3) is 3.93. The van der Waals surface area contributed by atoms with Gasteiger partial charge in [-0.3, -0.25) is 9.78 Å². The molecule has 1 aliphatic rings. The van der Waals surface area contributed by atoms with Crippen LogP contribution >= 0.6 is 0 Å². The molecule has 1 N–H and O–H groups in total. The van der Waals surface area contributed by atoms with Crippen LogP contribution in [0.1, 0.15) is 18.4 Å². The van der Waals surface area contributed by atoms with Crippen molar-refractivity contribution in [2.24, 2.45) is 0 Å². The molecule has 0 radical (unpaired) electrons. The molecule has 1 amide bonds. The summed E-state index contributed by atoms with van der Waals surface area (Å²) in [5.41, 5.74) is 3.16. The first kappa shape index (κ1) is 18.3. The molecule has 4 rings (SSSR count). The van der Waals surface area contributed by atoms with Crippen LogP contribution in [0.2, 0.25) is 0 Å². The Morgan fingerprint density at radius 1 is 1.07 bits per heavy atom. The van der Waals surface area contributed by atoms with Crippen LogP contribution < -0.4 is 10.7 Å². The number of nitrogens with zero attached hydrogens (tertiary/aromatic N) is 2. The van der Waals surface area contributed by atoms with E-state index in [-0.39, 0.29) is 11.7 Å². The number of hydrogen-bond donors (Lipinski definition) is 1. The average molecular weight is 383 g/mol. The Morgan fingerprint density at radius 3 is 2.57 bits per heavy atom. The number of para-hydroxylation sites is 1. The van der Waals surface area contributed by atoms with Gasteiger partial charge in [-0.25, -0.2) is 9.18 Å². The third-order valence-corrected chi connectivity index (χ3v) is 5.17. The molecule has 1 fully saturated rings. The van der Waals surface area contributed by atoms with Crippen molar-refractivity contribution < 1.29 is 13.6 Å². The number of carbonyl (C=O) groups is 1. The third-order valence-electron chi connectivity index (χ3n) is 5.17. The Balaban J connectivity index is 1.30. The predicted octanol–water partition coefficient (Wildman–Crippen LogP) is 2.93.